The summed E-state index contributed by atoms with van der Waals surface area (Å²) in [6, 6.07) is 0. The zero-order chi connectivity index (χ0) is 47.7. The smallest absolute Gasteiger partial charge is 0.189 e. The van der Waals surface area contributed by atoms with Crippen LogP contribution in [0.4, 0.5) is 0 Å². The van der Waals surface area contributed by atoms with Crippen molar-refractivity contribution in [2.75, 3.05) is 0 Å². The molecule has 0 aromatic carbocycles. The van der Waals surface area contributed by atoms with Crippen LogP contribution in [0.1, 0.15) is 329 Å². The Morgan fingerprint density at radius 3 is 0.769 bits per heavy atom. The van der Waals surface area contributed by atoms with E-state index in [0.717, 1.165) is 77.0 Å². The minimum absolute atomic E-state index is 0.0164. The van der Waals surface area contributed by atoms with E-state index in [1.165, 1.54) is 193 Å². The molecule has 0 bridgehead atoms. The maximum Gasteiger partial charge on any atom is 0.189 e. The molecular weight excluding hydrogens is 805 g/mol. The Balaban J connectivity index is 4.73. The number of allylic oxidation sites excluding steroid dienone is 2. The highest BCUT2D eigenvalue weighted by molar-refractivity contribution is 6.01. The van der Waals surface area contributed by atoms with Crippen LogP contribution >= 0.6 is 0 Å². The van der Waals surface area contributed by atoms with Crippen molar-refractivity contribution < 1.29 is 29.7 Å². The highest BCUT2D eigenvalue weighted by atomic mass is 16.4. The normalized spacial score (nSPS) is 13.7. The van der Waals surface area contributed by atoms with E-state index in [2.05, 4.69) is 32.9 Å². The molecule has 0 saturated heterocycles. The van der Waals surface area contributed by atoms with Crippen LogP contribution < -0.4 is 0 Å². The summed E-state index contributed by atoms with van der Waals surface area (Å²) in [6.45, 7) is 6.78. The maximum atomic E-state index is 13.7. The van der Waals surface area contributed by atoms with Crippen molar-refractivity contribution in [1.29, 1.82) is 0 Å². The lowest BCUT2D eigenvalue weighted by Gasteiger charge is -2.34. The van der Waals surface area contributed by atoms with E-state index >= 15 is 0 Å². The molecule has 0 rings (SSSR count). The number of Topliss-reactive ketones (excluding diaryl/α,β-unsaturated/α-hetero) is 3. The molecule has 0 fully saturated rings. The number of unbranched alkanes of at least 4 members (excludes halogenated alkanes) is 41. The van der Waals surface area contributed by atoms with Crippen molar-refractivity contribution in [1.82, 2.24) is 0 Å². The van der Waals surface area contributed by atoms with E-state index in [1.807, 2.05) is 0 Å². The molecule has 0 aliphatic heterocycles. The standard InChI is InChI=1S/C59H112O6/c1-4-7-10-13-16-19-22-25-28-29-32-34-37-40-43-46-49-52-55(61)58(64)59(65,56(62)53-50-47-44-41-38-35-31-27-24-21-18-15-12-9-6-3)57(63)54(60)51-48-45-42-39-36-33-30-26-23-20-17-14-11-8-5-2/h27,31,57-58,63-65H,4-26,28-30,32-53H2,1-3H3. The summed E-state index contributed by atoms with van der Waals surface area (Å²) in [5.74, 6) is -2.12. The number of aliphatic hydroxyl groups excluding tert-OH is 2. The monoisotopic (exact) mass is 917 g/mol. The zero-order valence-electron chi connectivity index (χ0n) is 43.8. The van der Waals surface area contributed by atoms with Gasteiger partial charge in [-0.25, -0.2) is 0 Å². The Morgan fingerprint density at radius 2 is 0.523 bits per heavy atom. The van der Waals surface area contributed by atoms with Crippen LogP contribution in [0.2, 0.25) is 0 Å². The van der Waals surface area contributed by atoms with Crippen LogP contribution in [0.3, 0.4) is 0 Å². The van der Waals surface area contributed by atoms with E-state index in [1.54, 1.807) is 0 Å². The van der Waals surface area contributed by atoms with Gasteiger partial charge in [-0.15, -0.1) is 0 Å². The SMILES string of the molecule is CCCCCCCCC=CCCCCCCCC(=O)C(O)(C(O)C(=O)CCCCCCCCCCCCCCCCC)C(O)C(=O)CCCCCCCCCCCCCCCCCCC. The summed E-state index contributed by atoms with van der Waals surface area (Å²) < 4.78 is 0. The van der Waals surface area contributed by atoms with Crippen LogP contribution in [0, 0.1) is 0 Å². The molecule has 6 heteroatoms. The van der Waals surface area contributed by atoms with Gasteiger partial charge >= 0.3 is 0 Å². The average molecular weight is 918 g/mol. The number of carbonyl (C=O) groups excluding carboxylic acids is 3. The first-order valence-corrected chi connectivity index (χ1v) is 29.1. The molecule has 3 N–H and O–H groups in total. The fourth-order valence-corrected chi connectivity index (χ4v) is 9.47. The van der Waals surface area contributed by atoms with Gasteiger partial charge in [-0.3, -0.25) is 14.4 Å². The molecule has 0 aliphatic carbocycles. The van der Waals surface area contributed by atoms with Gasteiger partial charge in [0.15, 0.2) is 35.2 Å². The second-order valence-electron chi connectivity index (χ2n) is 20.4. The van der Waals surface area contributed by atoms with Crippen molar-refractivity contribution >= 4 is 17.3 Å². The number of hydrogen-bond donors (Lipinski definition) is 3. The van der Waals surface area contributed by atoms with Gasteiger partial charge < -0.3 is 15.3 Å². The number of carbonyl (C=O) groups is 3. The molecule has 3 atom stereocenters. The van der Waals surface area contributed by atoms with Crippen LogP contribution in [0.25, 0.3) is 0 Å². The van der Waals surface area contributed by atoms with E-state index in [9.17, 15) is 29.7 Å². The Hall–Kier alpha value is -1.37. The highest BCUT2D eigenvalue weighted by Gasteiger charge is 2.53. The largest absolute Gasteiger partial charge is 0.382 e. The van der Waals surface area contributed by atoms with Gasteiger partial charge in [0.1, 0.15) is 0 Å². The average Bonchev–Trinajstić information content (AvgIpc) is 3.31. The Bertz CT molecular complexity index is 1070. The number of ketones is 3. The first kappa shape index (κ1) is 63.6. The summed E-state index contributed by atoms with van der Waals surface area (Å²) in [4.78, 5) is 40.3. The maximum absolute atomic E-state index is 13.7. The number of rotatable bonds is 54. The molecule has 6 nitrogen and oxygen atoms in total. The van der Waals surface area contributed by atoms with Crippen LogP contribution in [0.15, 0.2) is 12.2 Å². The van der Waals surface area contributed by atoms with E-state index in [0.29, 0.717) is 19.3 Å². The van der Waals surface area contributed by atoms with Gasteiger partial charge in [0.05, 0.1) is 0 Å². The second-order valence-corrected chi connectivity index (χ2v) is 20.4. The minimum Gasteiger partial charge on any atom is -0.382 e. The first-order valence-electron chi connectivity index (χ1n) is 29.1. The number of hydrogen-bond acceptors (Lipinski definition) is 6. The third-order valence-electron chi connectivity index (χ3n) is 14.1. The summed E-state index contributed by atoms with van der Waals surface area (Å²) in [6.07, 6.45) is 53.6. The fraction of sp³-hybridized carbons (Fsp3) is 0.915. The van der Waals surface area contributed by atoms with E-state index in [-0.39, 0.29) is 19.3 Å². The van der Waals surface area contributed by atoms with Gasteiger partial charge in [0, 0.05) is 19.3 Å². The predicted molar refractivity (Wildman–Crippen MR) is 280 cm³/mol. The lowest BCUT2D eigenvalue weighted by Crippen LogP contribution is -2.63. The quantitative estimate of drug-likeness (QED) is 0.0414. The number of aliphatic hydroxyl groups is 3. The molecule has 65 heavy (non-hydrogen) atoms. The molecule has 0 heterocycles. The summed E-state index contributed by atoms with van der Waals surface area (Å²) in [5.41, 5.74) is -2.81. The molecule has 0 amide bonds. The molecule has 0 radical (unpaired) electrons. The molecule has 0 aromatic rings. The predicted octanol–water partition coefficient (Wildman–Crippen LogP) is 17.5. The molecule has 384 valence electrons. The lowest BCUT2D eigenvalue weighted by molar-refractivity contribution is -0.181. The second kappa shape index (κ2) is 49.1. The molecule has 0 aromatic heterocycles. The topological polar surface area (TPSA) is 112 Å². The van der Waals surface area contributed by atoms with Crippen LogP contribution in [-0.2, 0) is 14.4 Å². The van der Waals surface area contributed by atoms with Gasteiger partial charge in [0.25, 0.3) is 0 Å². The molecule has 3 unspecified atom stereocenters. The molecule has 0 aliphatic rings. The van der Waals surface area contributed by atoms with Crippen LogP contribution in [-0.4, -0.2) is 50.5 Å². The highest BCUT2D eigenvalue weighted by Crippen LogP contribution is 2.26. The Kier molecular flexibility index (Phi) is 48.0. The van der Waals surface area contributed by atoms with Gasteiger partial charge in [-0.2, -0.15) is 0 Å². The van der Waals surface area contributed by atoms with Crippen molar-refractivity contribution in [3.05, 3.63) is 12.2 Å². The molecule has 0 saturated carbocycles. The van der Waals surface area contributed by atoms with Gasteiger partial charge in [-0.05, 0) is 44.9 Å². The van der Waals surface area contributed by atoms with Crippen molar-refractivity contribution in [3.63, 3.8) is 0 Å². The van der Waals surface area contributed by atoms with Crippen molar-refractivity contribution in [2.24, 2.45) is 0 Å². The summed E-state index contributed by atoms with van der Waals surface area (Å²) in [7, 11) is 0. The van der Waals surface area contributed by atoms with Crippen molar-refractivity contribution in [3.8, 4) is 0 Å². The summed E-state index contributed by atoms with van der Waals surface area (Å²) >= 11 is 0. The van der Waals surface area contributed by atoms with E-state index in [4.69, 9.17) is 0 Å². The molecule has 0 spiro atoms. The first-order chi connectivity index (χ1) is 31.8. The third-order valence-corrected chi connectivity index (χ3v) is 14.1. The Labute approximate surface area is 404 Å². The third kappa shape index (κ3) is 38.2. The fourth-order valence-electron chi connectivity index (χ4n) is 9.47. The minimum atomic E-state index is -2.81. The zero-order valence-corrected chi connectivity index (χ0v) is 43.8. The lowest BCUT2D eigenvalue weighted by atomic mass is 9.78. The van der Waals surface area contributed by atoms with Gasteiger partial charge in [-0.1, -0.05) is 277 Å². The van der Waals surface area contributed by atoms with Gasteiger partial charge in [0.2, 0.25) is 0 Å². The molecular formula is C59H112O6. The Morgan fingerprint density at radius 1 is 0.323 bits per heavy atom. The summed E-state index contributed by atoms with van der Waals surface area (Å²) in [5, 5.41) is 34.2. The van der Waals surface area contributed by atoms with Crippen LogP contribution in [0.5, 0.6) is 0 Å². The van der Waals surface area contributed by atoms with E-state index < -0.39 is 35.2 Å². The van der Waals surface area contributed by atoms with Crippen molar-refractivity contribution in [2.45, 2.75) is 347 Å².